The number of carbonyl (C=O) groups excluding carboxylic acids is 1. The fourth-order valence-corrected chi connectivity index (χ4v) is 3.89. The highest BCUT2D eigenvalue weighted by Crippen LogP contribution is 2.34. The molecule has 1 aliphatic heterocycles. The van der Waals surface area contributed by atoms with E-state index in [1.165, 1.54) is 19.3 Å². The van der Waals surface area contributed by atoms with Crippen LogP contribution in [0.2, 0.25) is 0 Å². The lowest BCUT2D eigenvalue weighted by molar-refractivity contribution is 0.173. The van der Waals surface area contributed by atoms with Crippen molar-refractivity contribution in [1.29, 1.82) is 0 Å². The van der Waals surface area contributed by atoms with E-state index in [2.05, 4.69) is 26.0 Å². The van der Waals surface area contributed by atoms with Crippen LogP contribution in [-0.4, -0.2) is 33.3 Å². The minimum Gasteiger partial charge on any atom is -0.447 e. The van der Waals surface area contributed by atoms with E-state index in [0.29, 0.717) is 24.0 Å². The Morgan fingerprint density at radius 2 is 2.09 bits per heavy atom. The summed E-state index contributed by atoms with van der Waals surface area (Å²) in [5.74, 6) is 1.15. The molecular formula is C15H17BrN4O2. The summed E-state index contributed by atoms with van der Waals surface area (Å²) in [4.78, 5) is 18.5. The Morgan fingerprint density at radius 1 is 1.27 bits per heavy atom. The van der Waals surface area contributed by atoms with E-state index >= 15 is 0 Å². The van der Waals surface area contributed by atoms with Gasteiger partial charge in [-0.1, -0.05) is 19.3 Å². The monoisotopic (exact) mass is 364 g/mol. The number of nitrogens with zero attached hydrogens (tertiary/aromatic N) is 4. The molecule has 6 nitrogen and oxygen atoms in total. The topological polar surface area (TPSA) is 59.7 Å². The Bertz CT molecular complexity index is 711. The molecule has 2 aliphatic rings. The highest BCUT2D eigenvalue weighted by atomic mass is 79.9. The Morgan fingerprint density at radius 3 is 2.91 bits per heavy atom. The van der Waals surface area contributed by atoms with Crippen LogP contribution in [0.15, 0.2) is 22.9 Å². The lowest BCUT2D eigenvalue weighted by atomic mass is 9.84. The summed E-state index contributed by atoms with van der Waals surface area (Å²) in [6, 6.07) is 1.93. The molecular weight excluding hydrogens is 348 g/mol. The van der Waals surface area contributed by atoms with Crippen molar-refractivity contribution in [2.45, 2.75) is 38.1 Å². The van der Waals surface area contributed by atoms with E-state index in [0.717, 1.165) is 17.3 Å². The highest BCUT2D eigenvalue weighted by Gasteiger charge is 2.40. The van der Waals surface area contributed by atoms with Gasteiger partial charge in [-0.3, -0.25) is 4.90 Å². The molecule has 1 aliphatic carbocycles. The van der Waals surface area contributed by atoms with Gasteiger partial charge in [0.15, 0.2) is 5.65 Å². The van der Waals surface area contributed by atoms with Gasteiger partial charge in [0.25, 0.3) is 0 Å². The average molecular weight is 365 g/mol. The van der Waals surface area contributed by atoms with E-state index in [-0.39, 0.29) is 12.1 Å². The molecule has 0 radical (unpaired) electrons. The molecule has 1 amide bonds. The highest BCUT2D eigenvalue weighted by molar-refractivity contribution is 9.10. The number of fused-ring (bicyclic) bond motifs is 1. The maximum absolute atomic E-state index is 12.2. The third kappa shape index (κ3) is 2.27. The van der Waals surface area contributed by atoms with Crippen molar-refractivity contribution < 1.29 is 9.53 Å². The number of cyclic esters (lactones) is 1. The summed E-state index contributed by atoms with van der Waals surface area (Å²) in [5.41, 5.74) is 0.708. The fourth-order valence-electron chi connectivity index (χ4n) is 3.53. The second-order valence-electron chi connectivity index (χ2n) is 5.96. The van der Waals surface area contributed by atoms with Gasteiger partial charge in [0.2, 0.25) is 0 Å². The van der Waals surface area contributed by atoms with Gasteiger partial charge in [0.05, 0.1) is 16.7 Å². The number of halogens is 1. The van der Waals surface area contributed by atoms with Crippen LogP contribution in [0.3, 0.4) is 0 Å². The molecule has 0 bridgehead atoms. The summed E-state index contributed by atoms with van der Waals surface area (Å²) < 4.78 is 7.82. The first-order valence-corrected chi connectivity index (χ1v) is 8.49. The van der Waals surface area contributed by atoms with Crippen LogP contribution in [0.1, 0.15) is 32.1 Å². The first-order chi connectivity index (χ1) is 10.7. The minimum absolute atomic E-state index is 0.101. The SMILES string of the molecule is O=C1OC[C@H](C2CCCCC2)N1c1ccn2ncc(Br)c2n1. The molecule has 3 heterocycles. The fraction of sp³-hybridized carbons (Fsp3) is 0.533. The van der Waals surface area contributed by atoms with E-state index in [4.69, 9.17) is 4.74 Å². The zero-order valence-electron chi connectivity index (χ0n) is 12.1. The summed E-state index contributed by atoms with van der Waals surface area (Å²) in [6.45, 7) is 0.469. The largest absolute Gasteiger partial charge is 0.447 e. The number of amides is 1. The van der Waals surface area contributed by atoms with Crippen molar-refractivity contribution in [3.05, 3.63) is 22.9 Å². The molecule has 1 saturated heterocycles. The Kier molecular flexibility index (Phi) is 3.52. The predicted octanol–water partition coefficient (Wildman–Crippen LogP) is 3.40. The molecule has 22 heavy (non-hydrogen) atoms. The summed E-state index contributed by atoms with van der Waals surface area (Å²) >= 11 is 3.44. The Labute approximate surface area is 136 Å². The zero-order chi connectivity index (χ0) is 15.1. The smallest absolute Gasteiger partial charge is 0.415 e. The molecule has 0 N–H and O–H groups in total. The van der Waals surface area contributed by atoms with Crippen LogP contribution in [0, 0.1) is 5.92 Å². The molecule has 0 aromatic carbocycles. The second-order valence-corrected chi connectivity index (χ2v) is 6.81. The van der Waals surface area contributed by atoms with E-state index in [9.17, 15) is 4.79 Å². The van der Waals surface area contributed by atoms with Crippen molar-refractivity contribution in [1.82, 2.24) is 14.6 Å². The maximum Gasteiger partial charge on any atom is 0.415 e. The standard InChI is InChI=1S/C15H17BrN4O2/c16-11-8-17-19-7-6-13(18-14(11)19)20-12(9-22-15(20)21)10-4-2-1-3-5-10/h6-8,10,12H,1-5,9H2/t12-/m1/s1. The number of carbonyl (C=O) groups is 1. The number of ether oxygens (including phenoxy) is 1. The second kappa shape index (κ2) is 5.53. The molecule has 2 fully saturated rings. The van der Waals surface area contributed by atoms with Gasteiger partial charge < -0.3 is 4.74 Å². The summed E-state index contributed by atoms with van der Waals surface area (Å²) in [6.07, 6.45) is 9.34. The maximum atomic E-state index is 12.2. The molecule has 0 unspecified atom stereocenters. The third-order valence-corrected chi connectivity index (χ3v) is 5.22. The minimum atomic E-state index is -0.289. The van der Waals surface area contributed by atoms with E-state index in [1.54, 1.807) is 15.6 Å². The summed E-state index contributed by atoms with van der Waals surface area (Å²) in [5, 5.41) is 4.19. The van der Waals surface area contributed by atoms with Gasteiger partial charge in [-0.2, -0.15) is 5.10 Å². The normalized spacial score (nSPS) is 23.2. The zero-order valence-corrected chi connectivity index (χ0v) is 13.7. The van der Waals surface area contributed by atoms with Crippen molar-refractivity contribution in [3.8, 4) is 0 Å². The van der Waals surface area contributed by atoms with Gasteiger partial charge in [-0.15, -0.1) is 0 Å². The molecule has 1 atom stereocenters. The number of anilines is 1. The van der Waals surface area contributed by atoms with Gasteiger partial charge in [-0.25, -0.2) is 14.3 Å². The van der Waals surface area contributed by atoms with Crippen molar-refractivity contribution in [2.75, 3.05) is 11.5 Å². The van der Waals surface area contributed by atoms with Gasteiger partial charge in [-0.05, 0) is 40.8 Å². The van der Waals surface area contributed by atoms with Crippen LogP contribution in [-0.2, 0) is 4.74 Å². The average Bonchev–Trinajstić information content (AvgIpc) is 3.11. The lowest BCUT2D eigenvalue weighted by Gasteiger charge is -2.30. The van der Waals surface area contributed by atoms with Crippen LogP contribution in [0.4, 0.5) is 10.6 Å². The van der Waals surface area contributed by atoms with Crippen LogP contribution in [0.5, 0.6) is 0 Å². The quantitative estimate of drug-likeness (QED) is 0.819. The number of hydrogen-bond acceptors (Lipinski definition) is 4. The van der Waals surface area contributed by atoms with Gasteiger partial charge in [0, 0.05) is 6.20 Å². The third-order valence-electron chi connectivity index (χ3n) is 4.66. The van der Waals surface area contributed by atoms with Crippen LogP contribution < -0.4 is 4.90 Å². The predicted molar refractivity (Wildman–Crippen MR) is 84.9 cm³/mol. The van der Waals surface area contributed by atoms with Crippen molar-refractivity contribution in [3.63, 3.8) is 0 Å². The van der Waals surface area contributed by atoms with E-state index in [1.807, 2.05) is 12.3 Å². The van der Waals surface area contributed by atoms with Crippen LogP contribution in [0.25, 0.3) is 5.65 Å². The van der Waals surface area contributed by atoms with Crippen LogP contribution >= 0.6 is 15.9 Å². The van der Waals surface area contributed by atoms with Crippen molar-refractivity contribution in [2.24, 2.45) is 5.92 Å². The number of hydrogen-bond donors (Lipinski definition) is 0. The summed E-state index contributed by atoms with van der Waals surface area (Å²) in [7, 11) is 0. The molecule has 2 aromatic heterocycles. The lowest BCUT2D eigenvalue weighted by Crippen LogP contribution is -2.40. The molecule has 116 valence electrons. The number of rotatable bonds is 2. The number of aromatic nitrogens is 3. The van der Waals surface area contributed by atoms with Crippen molar-refractivity contribution >= 4 is 33.5 Å². The Hall–Kier alpha value is -1.63. The first-order valence-electron chi connectivity index (χ1n) is 7.70. The molecule has 0 spiro atoms. The van der Waals surface area contributed by atoms with Gasteiger partial charge >= 0.3 is 6.09 Å². The molecule has 4 rings (SSSR count). The molecule has 2 aromatic rings. The molecule has 1 saturated carbocycles. The van der Waals surface area contributed by atoms with E-state index < -0.39 is 0 Å². The van der Waals surface area contributed by atoms with Gasteiger partial charge in [0.1, 0.15) is 12.4 Å². The first kappa shape index (κ1) is 14.0. The molecule has 7 heteroatoms. The Balaban J connectivity index is 1.69.